The van der Waals surface area contributed by atoms with Gasteiger partial charge in [-0.05, 0) is 41.5 Å². The standard InChI is InChI=1S/C15H22O3/c1-10-8-13(18-5)12(15(2,3)4)9-11(10)6-7-14(16)17/h8-9H,6-7H2,1-5H3,(H,16,17). The van der Waals surface area contributed by atoms with Crippen LogP contribution in [0.5, 0.6) is 5.75 Å². The molecule has 0 atom stereocenters. The average molecular weight is 250 g/mol. The van der Waals surface area contributed by atoms with Gasteiger partial charge in [0.2, 0.25) is 0 Å². The van der Waals surface area contributed by atoms with Crippen LogP contribution in [0.1, 0.15) is 43.9 Å². The molecule has 1 aromatic carbocycles. The topological polar surface area (TPSA) is 46.5 Å². The molecule has 0 heterocycles. The Hall–Kier alpha value is -1.51. The largest absolute Gasteiger partial charge is 0.496 e. The van der Waals surface area contributed by atoms with Crippen molar-refractivity contribution >= 4 is 5.97 Å². The summed E-state index contributed by atoms with van der Waals surface area (Å²) in [6.45, 7) is 8.37. The minimum absolute atomic E-state index is 0.0168. The van der Waals surface area contributed by atoms with Gasteiger partial charge in [-0.2, -0.15) is 0 Å². The monoisotopic (exact) mass is 250 g/mol. The Bertz CT molecular complexity index is 442. The molecule has 3 heteroatoms. The van der Waals surface area contributed by atoms with Crippen LogP contribution in [0.3, 0.4) is 0 Å². The second kappa shape index (κ2) is 5.42. The molecule has 0 aliphatic carbocycles. The van der Waals surface area contributed by atoms with Gasteiger partial charge < -0.3 is 9.84 Å². The van der Waals surface area contributed by atoms with E-state index in [2.05, 4.69) is 26.8 Å². The Morgan fingerprint density at radius 3 is 2.39 bits per heavy atom. The molecule has 1 N–H and O–H groups in total. The van der Waals surface area contributed by atoms with E-state index >= 15 is 0 Å². The Balaban J connectivity index is 3.17. The molecule has 0 aliphatic rings. The highest BCUT2D eigenvalue weighted by molar-refractivity contribution is 5.67. The van der Waals surface area contributed by atoms with E-state index in [-0.39, 0.29) is 11.8 Å². The van der Waals surface area contributed by atoms with E-state index in [1.807, 2.05) is 13.0 Å². The van der Waals surface area contributed by atoms with E-state index in [4.69, 9.17) is 9.84 Å². The number of carbonyl (C=O) groups is 1. The molecule has 0 bridgehead atoms. The summed E-state index contributed by atoms with van der Waals surface area (Å²) in [6.07, 6.45) is 0.727. The third kappa shape index (κ3) is 3.49. The van der Waals surface area contributed by atoms with Crippen molar-refractivity contribution in [2.45, 2.75) is 46.0 Å². The zero-order chi connectivity index (χ0) is 13.9. The summed E-state index contributed by atoms with van der Waals surface area (Å²) in [4.78, 5) is 10.7. The molecule has 1 rings (SSSR count). The lowest BCUT2D eigenvalue weighted by molar-refractivity contribution is -0.136. The molecule has 3 nitrogen and oxygen atoms in total. The van der Waals surface area contributed by atoms with E-state index in [0.717, 1.165) is 22.4 Å². The highest BCUT2D eigenvalue weighted by atomic mass is 16.5. The van der Waals surface area contributed by atoms with E-state index in [9.17, 15) is 4.79 Å². The van der Waals surface area contributed by atoms with Gasteiger partial charge in [-0.3, -0.25) is 4.79 Å². The summed E-state index contributed by atoms with van der Waals surface area (Å²) in [5.41, 5.74) is 3.28. The number of hydrogen-bond acceptors (Lipinski definition) is 2. The summed E-state index contributed by atoms with van der Waals surface area (Å²) in [5.74, 6) is 0.113. The summed E-state index contributed by atoms with van der Waals surface area (Å²) in [5, 5.41) is 8.77. The molecule has 0 radical (unpaired) electrons. The van der Waals surface area contributed by atoms with Crippen molar-refractivity contribution in [1.82, 2.24) is 0 Å². The van der Waals surface area contributed by atoms with Gasteiger partial charge in [0.05, 0.1) is 7.11 Å². The number of carboxylic acid groups (broad SMARTS) is 1. The maximum atomic E-state index is 10.7. The first-order valence-electron chi connectivity index (χ1n) is 6.15. The van der Waals surface area contributed by atoms with Gasteiger partial charge in [0.1, 0.15) is 5.75 Å². The van der Waals surface area contributed by atoms with Crippen molar-refractivity contribution in [2.75, 3.05) is 7.11 Å². The van der Waals surface area contributed by atoms with Crippen LogP contribution in [-0.4, -0.2) is 18.2 Å². The second-order valence-corrected chi connectivity index (χ2v) is 5.62. The van der Waals surface area contributed by atoms with Gasteiger partial charge in [-0.25, -0.2) is 0 Å². The van der Waals surface area contributed by atoms with Gasteiger partial charge in [0, 0.05) is 6.42 Å². The number of rotatable bonds is 4. The number of carboxylic acids is 1. The van der Waals surface area contributed by atoms with Crippen LogP contribution in [0.25, 0.3) is 0 Å². The van der Waals surface area contributed by atoms with Crippen LogP contribution in [0.15, 0.2) is 12.1 Å². The zero-order valence-corrected chi connectivity index (χ0v) is 11.8. The number of benzene rings is 1. The number of methoxy groups -OCH3 is 1. The lowest BCUT2D eigenvalue weighted by atomic mass is 9.84. The van der Waals surface area contributed by atoms with Crippen LogP contribution < -0.4 is 4.74 Å². The Labute approximate surface area is 109 Å². The van der Waals surface area contributed by atoms with Crippen molar-refractivity contribution in [3.63, 3.8) is 0 Å². The fraction of sp³-hybridized carbons (Fsp3) is 0.533. The lowest BCUT2D eigenvalue weighted by Gasteiger charge is -2.24. The third-order valence-corrected chi connectivity index (χ3v) is 3.07. The summed E-state index contributed by atoms with van der Waals surface area (Å²) >= 11 is 0. The van der Waals surface area contributed by atoms with Crippen LogP contribution in [0.2, 0.25) is 0 Å². The second-order valence-electron chi connectivity index (χ2n) is 5.62. The fourth-order valence-electron chi connectivity index (χ4n) is 1.99. The number of aliphatic carboxylic acids is 1. The summed E-state index contributed by atoms with van der Waals surface area (Å²) in [7, 11) is 1.67. The Morgan fingerprint density at radius 2 is 1.94 bits per heavy atom. The molecule has 18 heavy (non-hydrogen) atoms. The zero-order valence-electron chi connectivity index (χ0n) is 11.8. The number of ether oxygens (including phenoxy) is 1. The van der Waals surface area contributed by atoms with Crippen molar-refractivity contribution in [1.29, 1.82) is 0 Å². The molecule has 0 fully saturated rings. The number of aryl methyl sites for hydroxylation is 2. The third-order valence-electron chi connectivity index (χ3n) is 3.07. The molecule has 0 unspecified atom stereocenters. The van der Waals surface area contributed by atoms with Crippen LogP contribution in [0, 0.1) is 6.92 Å². The Morgan fingerprint density at radius 1 is 1.33 bits per heavy atom. The quantitative estimate of drug-likeness (QED) is 0.891. The molecular weight excluding hydrogens is 228 g/mol. The predicted molar refractivity (Wildman–Crippen MR) is 72.4 cm³/mol. The molecule has 0 spiro atoms. The van der Waals surface area contributed by atoms with E-state index in [0.29, 0.717) is 6.42 Å². The van der Waals surface area contributed by atoms with Gasteiger partial charge in [0.15, 0.2) is 0 Å². The van der Waals surface area contributed by atoms with Crippen LogP contribution in [-0.2, 0) is 16.6 Å². The van der Waals surface area contributed by atoms with Crippen molar-refractivity contribution < 1.29 is 14.6 Å². The van der Waals surface area contributed by atoms with Crippen molar-refractivity contribution in [2.24, 2.45) is 0 Å². The molecule has 1 aromatic rings. The maximum absolute atomic E-state index is 10.7. The van der Waals surface area contributed by atoms with Gasteiger partial charge in [0.25, 0.3) is 0 Å². The number of hydrogen-bond donors (Lipinski definition) is 1. The SMILES string of the molecule is COc1cc(C)c(CCC(=O)O)cc1C(C)(C)C. The summed E-state index contributed by atoms with van der Waals surface area (Å²) in [6, 6.07) is 4.08. The van der Waals surface area contributed by atoms with E-state index in [1.54, 1.807) is 7.11 Å². The van der Waals surface area contributed by atoms with Gasteiger partial charge in [-0.1, -0.05) is 26.8 Å². The highest BCUT2D eigenvalue weighted by Gasteiger charge is 2.20. The molecule has 0 aliphatic heterocycles. The Kier molecular flexibility index (Phi) is 4.38. The maximum Gasteiger partial charge on any atom is 0.303 e. The van der Waals surface area contributed by atoms with Crippen LogP contribution >= 0.6 is 0 Å². The molecular formula is C15H22O3. The van der Waals surface area contributed by atoms with Crippen molar-refractivity contribution in [3.05, 3.63) is 28.8 Å². The first-order chi connectivity index (χ1) is 8.25. The smallest absolute Gasteiger partial charge is 0.303 e. The molecule has 0 saturated heterocycles. The van der Waals surface area contributed by atoms with Crippen LogP contribution in [0.4, 0.5) is 0 Å². The minimum atomic E-state index is -0.762. The van der Waals surface area contributed by atoms with Gasteiger partial charge >= 0.3 is 5.97 Å². The normalized spacial score (nSPS) is 11.4. The minimum Gasteiger partial charge on any atom is -0.496 e. The van der Waals surface area contributed by atoms with Crippen molar-refractivity contribution in [3.8, 4) is 5.75 Å². The molecule has 0 amide bonds. The fourth-order valence-corrected chi connectivity index (χ4v) is 1.99. The average Bonchev–Trinajstić information content (AvgIpc) is 2.25. The predicted octanol–water partition coefficient (Wildman–Crippen LogP) is 3.32. The van der Waals surface area contributed by atoms with E-state index < -0.39 is 5.97 Å². The molecule has 100 valence electrons. The van der Waals surface area contributed by atoms with E-state index in [1.165, 1.54) is 0 Å². The highest BCUT2D eigenvalue weighted by Crippen LogP contribution is 2.33. The summed E-state index contributed by atoms with van der Waals surface area (Å²) < 4.78 is 5.42. The molecule has 0 aromatic heterocycles. The first-order valence-corrected chi connectivity index (χ1v) is 6.15. The van der Waals surface area contributed by atoms with Gasteiger partial charge in [-0.15, -0.1) is 0 Å². The first kappa shape index (κ1) is 14.6. The molecule has 0 saturated carbocycles. The lowest BCUT2D eigenvalue weighted by Crippen LogP contribution is -2.14.